The van der Waals surface area contributed by atoms with Crippen molar-refractivity contribution in [2.75, 3.05) is 7.11 Å². The second-order valence-electron chi connectivity index (χ2n) is 6.31. The summed E-state index contributed by atoms with van der Waals surface area (Å²) in [6.07, 6.45) is 0. The van der Waals surface area contributed by atoms with Gasteiger partial charge in [0.15, 0.2) is 5.43 Å². The molecule has 120 valence electrons. The quantitative estimate of drug-likeness (QED) is 0.441. The lowest BCUT2D eigenvalue weighted by Crippen LogP contribution is -2.04. The highest BCUT2D eigenvalue weighted by Gasteiger charge is 2.09. The number of rotatable bonds is 1. The van der Waals surface area contributed by atoms with E-state index in [0.717, 1.165) is 43.7 Å². The summed E-state index contributed by atoms with van der Waals surface area (Å²) in [5, 5.41) is 5.69. The highest BCUT2D eigenvalue weighted by atomic mass is 16.5. The van der Waals surface area contributed by atoms with Crippen LogP contribution in [0.3, 0.4) is 0 Å². The molecule has 0 radical (unpaired) electrons. The molecule has 0 saturated heterocycles. The van der Waals surface area contributed by atoms with Gasteiger partial charge >= 0.3 is 0 Å². The van der Waals surface area contributed by atoms with Crippen LogP contribution in [0.4, 0.5) is 0 Å². The van der Waals surface area contributed by atoms with Crippen LogP contribution in [0.5, 0.6) is 5.75 Å². The zero-order chi connectivity index (χ0) is 17.0. The lowest BCUT2D eigenvalue weighted by atomic mass is 10.0. The van der Waals surface area contributed by atoms with Crippen molar-refractivity contribution < 1.29 is 4.74 Å². The lowest BCUT2D eigenvalue weighted by Gasteiger charge is -2.08. The van der Waals surface area contributed by atoms with Crippen molar-refractivity contribution in [2.24, 2.45) is 0 Å². The maximum absolute atomic E-state index is 13.1. The number of benzene rings is 4. The molecule has 0 aliphatic carbocycles. The molecule has 5 aromatic rings. The van der Waals surface area contributed by atoms with Gasteiger partial charge in [-0.25, -0.2) is 0 Å². The van der Waals surface area contributed by atoms with Crippen molar-refractivity contribution in [3.8, 4) is 5.75 Å². The molecule has 4 aromatic carbocycles. The van der Waals surface area contributed by atoms with Crippen LogP contribution in [-0.2, 0) is 0 Å². The Hall–Kier alpha value is -3.33. The summed E-state index contributed by atoms with van der Waals surface area (Å²) in [6.45, 7) is 0. The van der Waals surface area contributed by atoms with Gasteiger partial charge in [0.2, 0.25) is 0 Å². The van der Waals surface area contributed by atoms with Gasteiger partial charge in [-0.2, -0.15) is 0 Å². The van der Waals surface area contributed by atoms with Gasteiger partial charge in [0.25, 0.3) is 0 Å². The van der Waals surface area contributed by atoms with E-state index in [-0.39, 0.29) is 5.43 Å². The minimum atomic E-state index is 0.0622. The molecule has 5 rings (SSSR count). The monoisotopic (exact) mass is 325 g/mol. The minimum Gasteiger partial charge on any atom is -0.497 e. The molecule has 3 nitrogen and oxygen atoms in total. The van der Waals surface area contributed by atoms with E-state index in [1.807, 2.05) is 60.7 Å². The Kier molecular flexibility index (Phi) is 2.86. The lowest BCUT2D eigenvalue weighted by molar-refractivity contribution is 0.415. The van der Waals surface area contributed by atoms with Gasteiger partial charge in [0, 0.05) is 10.8 Å². The van der Waals surface area contributed by atoms with Crippen LogP contribution in [-0.4, -0.2) is 12.1 Å². The Morgan fingerprint density at radius 3 is 2.00 bits per heavy atom. The van der Waals surface area contributed by atoms with Gasteiger partial charge in [-0.1, -0.05) is 30.3 Å². The first-order valence-corrected chi connectivity index (χ1v) is 8.19. The van der Waals surface area contributed by atoms with Crippen molar-refractivity contribution in [3.05, 3.63) is 77.0 Å². The molecule has 0 bridgehead atoms. The number of hydrogen-bond donors (Lipinski definition) is 1. The number of pyridine rings is 1. The number of aromatic amines is 1. The van der Waals surface area contributed by atoms with Crippen molar-refractivity contribution in [1.29, 1.82) is 0 Å². The predicted molar refractivity (Wildman–Crippen MR) is 104 cm³/mol. The Morgan fingerprint density at radius 2 is 1.32 bits per heavy atom. The van der Waals surface area contributed by atoms with Gasteiger partial charge in [-0.05, 0) is 57.9 Å². The van der Waals surface area contributed by atoms with Crippen molar-refractivity contribution in [2.45, 2.75) is 0 Å². The van der Waals surface area contributed by atoms with Crippen molar-refractivity contribution in [3.63, 3.8) is 0 Å². The van der Waals surface area contributed by atoms with Crippen LogP contribution in [0, 0.1) is 0 Å². The first-order valence-electron chi connectivity index (χ1n) is 8.19. The van der Waals surface area contributed by atoms with Crippen LogP contribution in [0.25, 0.3) is 43.4 Å². The smallest absolute Gasteiger partial charge is 0.197 e. The second kappa shape index (κ2) is 5.08. The largest absolute Gasteiger partial charge is 0.497 e. The van der Waals surface area contributed by atoms with Gasteiger partial charge in [0.05, 0.1) is 18.1 Å². The van der Waals surface area contributed by atoms with Crippen molar-refractivity contribution in [1.82, 2.24) is 4.98 Å². The molecule has 1 aromatic heterocycles. The van der Waals surface area contributed by atoms with Gasteiger partial charge in [0.1, 0.15) is 5.75 Å². The van der Waals surface area contributed by atoms with E-state index < -0.39 is 0 Å². The van der Waals surface area contributed by atoms with Gasteiger partial charge in [-0.3, -0.25) is 4.79 Å². The Balaban J connectivity index is 1.93. The highest BCUT2D eigenvalue weighted by Crippen LogP contribution is 2.27. The summed E-state index contributed by atoms with van der Waals surface area (Å²) >= 11 is 0. The summed E-state index contributed by atoms with van der Waals surface area (Å²) in [5.74, 6) is 0.806. The first kappa shape index (κ1) is 14.1. The molecule has 0 fully saturated rings. The third-order valence-electron chi connectivity index (χ3n) is 4.83. The summed E-state index contributed by atoms with van der Waals surface area (Å²) in [4.78, 5) is 16.5. The van der Waals surface area contributed by atoms with E-state index in [2.05, 4.69) is 11.1 Å². The summed E-state index contributed by atoms with van der Waals surface area (Å²) in [6, 6.07) is 22.0. The molecule has 0 amide bonds. The van der Waals surface area contributed by atoms with E-state index >= 15 is 0 Å². The van der Waals surface area contributed by atoms with E-state index in [0.29, 0.717) is 5.39 Å². The summed E-state index contributed by atoms with van der Waals surface area (Å²) in [7, 11) is 1.66. The van der Waals surface area contributed by atoms with E-state index in [4.69, 9.17) is 4.74 Å². The average molecular weight is 325 g/mol. The number of ether oxygens (including phenoxy) is 1. The topological polar surface area (TPSA) is 42.1 Å². The fourth-order valence-electron chi connectivity index (χ4n) is 3.52. The Bertz CT molecular complexity index is 1350. The molecule has 3 heteroatoms. The fourth-order valence-corrected chi connectivity index (χ4v) is 3.52. The molecular weight excluding hydrogens is 310 g/mol. The molecule has 0 saturated carbocycles. The van der Waals surface area contributed by atoms with Crippen LogP contribution in [0.1, 0.15) is 0 Å². The minimum absolute atomic E-state index is 0.0622. The normalized spacial score (nSPS) is 11.6. The number of fused-ring (bicyclic) bond motifs is 4. The second-order valence-corrected chi connectivity index (χ2v) is 6.31. The van der Waals surface area contributed by atoms with Gasteiger partial charge in [-0.15, -0.1) is 0 Å². The van der Waals surface area contributed by atoms with E-state index in [9.17, 15) is 4.79 Å². The SMILES string of the molecule is COc1ccc2cc3c(=O)c4cc5ccccc5cc4[nH]c3cc2c1. The zero-order valence-electron chi connectivity index (χ0n) is 13.7. The fraction of sp³-hybridized carbons (Fsp3) is 0.0455. The van der Waals surface area contributed by atoms with Crippen molar-refractivity contribution >= 4 is 43.4 Å². The third kappa shape index (κ3) is 2.09. The number of aromatic nitrogens is 1. The molecule has 0 atom stereocenters. The first-order chi connectivity index (χ1) is 12.2. The molecule has 0 spiro atoms. The molecule has 25 heavy (non-hydrogen) atoms. The number of hydrogen-bond acceptors (Lipinski definition) is 2. The number of H-pyrrole nitrogens is 1. The maximum Gasteiger partial charge on any atom is 0.197 e. The van der Waals surface area contributed by atoms with Crippen LogP contribution >= 0.6 is 0 Å². The van der Waals surface area contributed by atoms with Crippen LogP contribution in [0.2, 0.25) is 0 Å². The Morgan fingerprint density at radius 1 is 0.720 bits per heavy atom. The molecule has 0 unspecified atom stereocenters. The van der Waals surface area contributed by atoms with Gasteiger partial charge < -0.3 is 9.72 Å². The number of methoxy groups -OCH3 is 1. The predicted octanol–water partition coefficient (Wildman–Crippen LogP) is 5.00. The molecule has 1 heterocycles. The van der Waals surface area contributed by atoms with E-state index in [1.54, 1.807) is 7.11 Å². The molecule has 1 N–H and O–H groups in total. The molecule has 0 aliphatic rings. The number of nitrogens with one attached hydrogen (secondary N) is 1. The standard InChI is InChI=1S/C22H15NO2/c1-25-17-7-6-15-10-19-21(12-16(15)8-17)23-20-11-14-5-3-2-4-13(14)9-18(20)22(19)24/h2-12H,1H3,(H,23,24). The Labute approximate surface area is 143 Å². The molecular formula is C22H15NO2. The summed E-state index contributed by atoms with van der Waals surface area (Å²) < 4.78 is 5.30. The van der Waals surface area contributed by atoms with E-state index in [1.165, 1.54) is 0 Å². The van der Waals surface area contributed by atoms with Crippen LogP contribution < -0.4 is 10.2 Å². The third-order valence-corrected chi connectivity index (χ3v) is 4.83. The maximum atomic E-state index is 13.1. The zero-order valence-corrected chi connectivity index (χ0v) is 13.7. The summed E-state index contributed by atoms with van der Waals surface area (Å²) in [5.41, 5.74) is 1.76. The average Bonchev–Trinajstić information content (AvgIpc) is 2.65. The highest BCUT2D eigenvalue weighted by molar-refractivity contribution is 6.04. The van der Waals surface area contributed by atoms with Crippen LogP contribution in [0.15, 0.2) is 71.5 Å². The molecule has 0 aliphatic heterocycles.